The molecule has 72 valence electrons. The molecule has 0 spiro atoms. The van der Waals surface area contributed by atoms with Gasteiger partial charge in [-0.3, -0.25) is 4.79 Å². The van der Waals surface area contributed by atoms with Crippen LogP contribution in [0.1, 0.15) is 22.2 Å². The largest absolute Gasteiger partial charge is 0.307 e. The number of alkyl halides is 2. The van der Waals surface area contributed by atoms with Crippen molar-refractivity contribution in [3.8, 4) is 0 Å². The van der Waals surface area contributed by atoms with E-state index in [9.17, 15) is 13.6 Å². The van der Waals surface area contributed by atoms with Crippen molar-refractivity contribution in [3.05, 3.63) is 20.8 Å². The minimum atomic E-state index is -3.32. The Hall–Kier alpha value is -0.480. The van der Waals surface area contributed by atoms with Crippen molar-refractivity contribution < 1.29 is 13.6 Å². The molecule has 1 aromatic heterocycles. The third kappa shape index (κ3) is 2.25. The SMILES string of the molecule is Cc1cc(C(=O)C(C)(F)F)sc1Cl. The molecule has 0 aromatic carbocycles. The highest BCUT2D eigenvalue weighted by Crippen LogP contribution is 2.30. The minimum Gasteiger partial charge on any atom is -0.286 e. The molecule has 1 aromatic rings. The summed E-state index contributed by atoms with van der Waals surface area (Å²) < 4.78 is 25.5. The van der Waals surface area contributed by atoms with E-state index < -0.39 is 11.7 Å². The van der Waals surface area contributed by atoms with Gasteiger partial charge in [0.25, 0.3) is 0 Å². The van der Waals surface area contributed by atoms with Gasteiger partial charge in [-0.25, -0.2) is 0 Å². The van der Waals surface area contributed by atoms with Crippen molar-refractivity contribution in [2.24, 2.45) is 0 Å². The lowest BCUT2D eigenvalue weighted by Gasteiger charge is -2.05. The fourth-order valence-electron chi connectivity index (χ4n) is 0.788. The second kappa shape index (κ2) is 3.35. The summed E-state index contributed by atoms with van der Waals surface area (Å²) in [6, 6.07) is 1.38. The van der Waals surface area contributed by atoms with Crippen LogP contribution < -0.4 is 0 Å². The zero-order valence-corrected chi connectivity index (χ0v) is 8.60. The van der Waals surface area contributed by atoms with Gasteiger partial charge in [-0.1, -0.05) is 11.6 Å². The Bertz CT molecular complexity index is 321. The van der Waals surface area contributed by atoms with E-state index in [4.69, 9.17) is 11.6 Å². The number of rotatable bonds is 2. The van der Waals surface area contributed by atoms with Crippen LogP contribution in [-0.2, 0) is 0 Å². The number of hydrogen-bond acceptors (Lipinski definition) is 2. The molecule has 0 fully saturated rings. The molecule has 0 bridgehead atoms. The van der Waals surface area contributed by atoms with Crippen LogP contribution >= 0.6 is 22.9 Å². The lowest BCUT2D eigenvalue weighted by Crippen LogP contribution is -2.23. The highest BCUT2D eigenvalue weighted by molar-refractivity contribution is 7.18. The number of carbonyl (C=O) groups is 1. The second-order valence-electron chi connectivity index (χ2n) is 2.78. The first-order valence-electron chi connectivity index (χ1n) is 3.51. The Kier molecular flexibility index (Phi) is 2.73. The maximum Gasteiger partial charge on any atom is 0.307 e. The Balaban J connectivity index is 3.03. The van der Waals surface area contributed by atoms with E-state index in [0.29, 0.717) is 16.8 Å². The van der Waals surface area contributed by atoms with E-state index in [1.807, 2.05) is 0 Å². The first-order valence-corrected chi connectivity index (χ1v) is 4.70. The molecule has 0 unspecified atom stereocenters. The first-order chi connectivity index (χ1) is 5.82. The molecule has 0 N–H and O–H groups in total. The third-order valence-corrected chi connectivity index (χ3v) is 3.03. The average Bonchev–Trinajstić information content (AvgIpc) is 2.29. The van der Waals surface area contributed by atoms with E-state index >= 15 is 0 Å². The summed E-state index contributed by atoms with van der Waals surface area (Å²) in [6.45, 7) is 2.25. The Morgan fingerprint density at radius 3 is 2.46 bits per heavy atom. The molecule has 0 saturated carbocycles. The van der Waals surface area contributed by atoms with Gasteiger partial charge in [0.05, 0.1) is 9.21 Å². The van der Waals surface area contributed by atoms with Gasteiger partial charge in [-0.05, 0) is 18.6 Å². The van der Waals surface area contributed by atoms with E-state index in [1.165, 1.54) is 6.07 Å². The van der Waals surface area contributed by atoms with Crippen LogP contribution in [0.4, 0.5) is 8.78 Å². The summed E-state index contributed by atoms with van der Waals surface area (Å²) in [5.41, 5.74) is 0.652. The van der Waals surface area contributed by atoms with Gasteiger partial charge >= 0.3 is 5.92 Å². The van der Waals surface area contributed by atoms with E-state index in [-0.39, 0.29) is 4.88 Å². The normalized spacial score (nSPS) is 11.8. The van der Waals surface area contributed by atoms with Crippen molar-refractivity contribution in [1.29, 1.82) is 0 Å². The van der Waals surface area contributed by atoms with Crippen molar-refractivity contribution in [2.75, 3.05) is 0 Å². The molecule has 0 aliphatic rings. The predicted molar refractivity (Wildman–Crippen MR) is 49.0 cm³/mol. The van der Waals surface area contributed by atoms with E-state index in [2.05, 4.69) is 0 Å². The smallest absolute Gasteiger partial charge is 0.286 e. The summed E-state index contributed by atoms with van der Waals surface area (Å²) in [6.07, 6.45) is 0. The molecule has 0 amide bonds. The van der Waals surface area contributed by atoms with Gasteiger partial charge in [0.1, 0.15) is 0 Å². The lowest BCUT2D eigenvalue weighted by atomic mass is 10.2. The fourth-order valence-corrected chi connectivity index (χ4v) is 2.01. The van der Waals surface area contributed by atoms with Gasteiger partial charge in [-0.15, -0.1) is 11.3 Å². The average molecular weight is 225 g/mol. The molecular formula is C8H7ClF2OS. The molecule has 0 radical (unpaired) electrons. The topological polar surface area (TPSA) is 17.1 Å². The van der Waals surface area contributed by atoms with Crippen LogP contribution in [0.5, 0.6) is 0 Å². The van der Waals surface area contributed by atoms with Crippen LogP contribution in [-0.4, -0.2) is 11.7 Å². The number of thiophene rings is 1. The standard InChI is InChI=1S/C8H7ClF2OS/c1-4-3-5(13-7(4)9)6(12)8(2,10)11/h3H,1-2H3. The summed E-state index contributed by atoms with van der Waals surface area (Å²) in [4.78, 5) is 11.0. The number of hydrogen-bond donors (Lipinski definition) is 0. The molecule has 0 aliphatic carbocycles. The third-order valence-electron chi connectivity index (χ3n) is 1.48. The number of aryl methyl sites for hydroxylation is 1. The Labute approximate surface area is 83.3 Å². The maximum absolute atomic E-state index is 12.6. The van der Waals surface area contributed by atoms with Crippen molar-refractivity contribution in [2.45, 2.75) is 19.8 Å². The van der Waals surface area contributed by atoms with Gasteiger partial charge in [0, 0.05) is 6.92 Å². The Morgan fingerprint density at radius 2 is 2.15 bits per heavy atom. The van der Waals surface area contributed by atoms with Crippen LogP contribution in [0.25, 0.3) is 0 Å². The molecule has 0 aliphatic heterocycles. The molecule has 13 heavy (non-hydrogen) atoms. The highest BCUT2D eigenvalue weighted by Gasteiger charge is 2.34. The monoisotopic (exact) mass is 224 g/mol. The van der Waals surface area contributed by atoms with Crippen LogP contribution in [0, 0.1) is 6.92 Å². The van der Waals surface area contributed by atoms with Gasteiger partial charge in [0.15, 0.2) is 0 Å². The number of halogens is 3. The van der Waals surface area contributed by atoms with Gasteiger partial charge < -0.3 is 0 Å². The van der Waals surface area contributed by atoms with E-state index in [0.717, 1.165) is 11.3 Å². The second-order valence-corrected chi connectivity index (χ2v) is 4.44. The van der Waals surface area contributed by atoms with E-state index in [1.54, 1.807) is 6.92 Å². The molecular weight excluding hydrogens is 218 g/mol. The van der Waals surface area contributed by atoms with Crippen LogP contribution in [0.2, 0.25) is 4.34 Å². The highest BCUT2D eigenvalue weighted by atomic mass is 35.5. The van der Waals surface area contributed by atoms with Crippen LogP contribution in [0.3, 0.4) is 0 Å². The zero-order valence-electron chi connectivity index (χ0n) is 7.03. The molecule has 0 saturated heterocycles. The molecule has 1 heterocycles. The number of ketones is 1. The fraction of sp³-hybridized carbons (Fsp3) is 0.375. The first kappa shape index (κ1) is 10.6. The summed E-state index contributed by atoms with van der Waals surface area (Å²) >= 11 is 6.53. The Morgan fingerprint density at radius 1 is 1.62 bits per heavy atom. The maximum atomic E-state index is 12.6. The summed E-state index contributed by atoms with van der Waals surface area (Å²) in [7, 11) is 0. The zero-order chi connectivity index (χ0) is 10.2. The van der Waals surface area contributed by atoms with Gasteiger partial charge in [0.2, 0.25) is 5.78 Å². The molecule has 1 rings (SSSR count). The number of carbonyl (C=O) groups excluding carboxylic acids is 1. The quantitative estimate of drug-likeness (QED) is 0.703. The minimum absolute atomic E-state index is 0.00926. The van der Waals surface area contributed by atoms with Crippen LogP contribution in [0.15, 0.2) is 6.07 Å². The molecule has 0 atom stereocenters. The van der Waals surface area contributed by atoms with Crippen molar-refractivity contribution in [1.82, 2.24) is 0 Å². The van der Waals surface area contributed by atoms with Gasteiger partial charge in [-0.2, -0.15) is 8.78 Å². The number of Topliss-reactive ketones (excluding diaryl/α,β-unsaturated/α-hetero) is 1. The van der Waals surface area contributed by atoms with Crippen molar-refractivity contribution >= 4 is 28.7 Å². The molecule has 1 nitrogen and oxygen atoms in total. The predicted octanol–water partition coefficient (Wildman–Crippen LogP) is 3.55. The summed E-state index contributed by atoms with van der Waals surface area (Å²) in [5.74, 6) is -4.49. The molecule has 5 heteroatoms. The lowest BCUT2D eigenvalue weighted by molar-refractivity contribution is 0.0226. The van der Waals surface area contributed by atoms with Crippen molar-refractivity contribution in [3.63, 3.8) is 0 Å². The summed E-state index contributed by atoms with van der Waals surface area (Å²) in [5, 5.41) is 0.